The topological polar surface area (TPSA) is 117 Å². The van der Waals surface area contributed by atoms with Crippen LogP contribution in [-0.4, -0.2) is 35.2 Å². The van der Waals surface area contributed by atoms with Gasteiger partial charge in [-0.1, -0.05) is 0 Å². The molecule has 0 fully saturated rings. The third kappa shape index (κ3) is 2.55. The second-order valence-corrected chi connectivity index (χ2v) is 6.94. The fourth-order valence-corrected chi connectivity index (χ4v) is 3.67. The Bertz CT molecular complexity index is 1510. The lowest BCUT2D eigenvalue weighted by Crippen LogP contribution is -1.84. The molecular weight excluding hydrogens is 380 g/mol. The second kappa shape index (κ2) is 6.28. The SMILES string of the molecule is Oc1cncc(-c2cnc3n[nH]c(-c4cc5c(-c6ccoc6)nccc5[nH]4)c3c2)c1. The summed E-state index contributed by atoms with van der Waals surface area (Å²) >= 11 is 0. The number of hydrogen-bond acceptors (Lipinski definition) is 6. The van der Waals surface area contributed by atoms with Gasteiger partial charge in [0.15, 0.2) is 5.65 Å². The molecule has 6 aromatic heterocycles. The first kappa shape index (κ1) is 16.5. The van der Waals surface area contributed by atoms with Crippen molar-refractivity contribution in [3.63, 3.8) is 0 Å². The molecule has 6 rings (SSSR count). The summed E-state index contributed by atoms with van der Waals surface area (Å²) in [6.07, 6.45) is 9.89. The van der Waals surface area contributed by atoms with E-state index in [0.29, 0.717) is 5.65 Å². The summed E-state index contributed by atoms with van der Waals surface area (Å²) < 4.78 is 5.22. The van der Waals surface area contributed by atoms with Crippen molar-refractivity contribution in [1.29, 1.82) is 0 Å². The van der Waals surface area contributed by atoms with Crippen LogP contribution in [0.15, 0.2) is 72.1 Å². The normalized spacial score (nSPS) is 11.5. The van der Waals surface area contributed by atoms with Crippen LogP contribution >= 0.6 is 0 Å². The Hall–Kier alpha value is -4.46. The number of furan rings is 1. The average molecular weight is 394 g/mol. The lowest BCUT2D eigenvalue weighted by molar-refractivity contribution is 0.473. The maximum Gasteiger partial charge on any atom is 0.181 e. The summed E-state index contributed by atoms with van der Waals surface area (Å²) in [6, 6.07) is 9.50. The molecule has 0 saturated heterocycles. The summed E-state index contributed by atoms with van der Waals surface area (Å²) in [6.45, 7) is 0. The smallest absolute Gasteiger partial charge is 0.181 e. The van der Waals surface area contributed by atoms with Crippen LogP contribution in [0, 0.1) is 0 Å². The molecule has 0 aliphatic rings. The van der Waals surface area contributed by atoms with Crippen LogP contribution in [0.5, 0.6) is 5.75 Å². The molecule has 6 heterocycles. The average Bonchev–Trinajstić information content (AvgIpc) is 3.51. The minimum atomic E-state index is 0.106. The largest absolute Gasteiger partial charge is 0.506 e. The first-order chi connectivity index (χ1) is 14.8. The predicted molar refractivity (Wildman–Crippen MR) is 112 cm³/mol. The van der Waals surface area contributed by atoms with E-state index in [1.807, 2.05) is 24.3 Å². The van der Waals surface area contributed by atoms with Gasteiger partial charge in [-0.15, -0.1) is 0 Å². The number of H-pyrrole nitrogens is 2. The molecule has 0 unspecified atom stereocenters. The van der Waals surface area contributed by atoms with Crippen LogP contribution in [-0.2, 0) is 0 Å². The number of hydrogen-bond donors (Lipinski definition) is 3. The van der Waals surface area contributed by atoms with E-state index in [-0.39, 0.29) is 5.75 Å². The molecule has 0 spiro atoms. The molecule has 0 atom stereocenters. The number of aromatic hydroxyl groups is 1. The van der Waals surface area contributed by atoms with Crippen molar-refractivity contribution in [2.45, 2.75) is 0 Å². The van der Waals surface area contributed by atoms with Crippen molar-refractivity contribution in [3.8, 4) is 39.5 Å². The molecule has 0 aliphatic carbocycles. The van der Waals surface area contributed by atoms with Gasteiger partial charge in [0.1, 0.15) is 5.75 Å². The monoisotopic (exact) mass is 394 g/mol. The zero-order valence-corrected chi connectivity index (χ0v) is 15.5. The molecule has 6 aromatic rings. The minimum absolute atomic E-state index is 0.106. The van der Waals surface area contributed by atoms with Crippen molar-refractivity contribution in [3.05, 3.63) is 67.6 Å². The van der Waals surface area contributed by atoms with Crippen LogP contribution in [0.25, 0.3) is 55.7 Å². The van der Waals surface area contributed by atoms with Gasteiger partial charge in [-0.2, -0.15) is 5.10 Å². The van der Waals surface area contributed by atoms with Crippen LogP contribution in [0.1, 0.15) is 0 Å². The molecule has 0 amide bonds. The van der Waals surface area contributed by atoms with Crippen LogP contribution in [0.2, 0.25) is 0 Å². The molecular formula is C22H14N6O2. The first-order valence-corrected chi connectivity index (χ1v) is 9.25. The fourth-order valence-electron chi connectivity index (χ4n) is 3.67. The summed E-state index contributed by atoms with van der Waals surface area (Å²) in [7, 11) is 0. The summed E-state index contributed by atoms with van der Waals surface area (Å²) in [5, 5.41) is 19.0. The van der Waals surface area contributed by atoms with E-state index in [9.17, 15) is 5.11 Å². The standard InChI is InChI=1S/C22H14N6O2/c29-15-5-13(8-23-10-15)14-6-17-21(27-28-22(17)25-9-14)19-7-16-18(26-19)1-3-24-20(16)12-2-4-30-11-12/h1-11,26,29H,(H,25,27,28). The Labute approximate surface area is 169 Å². The van der Waals surface area contributed by atoms with Crippen molar-refractivity contribution in [1.82, 2.24) is 30.1 Å². The van der Waals surface area contributed by atoms with E-state index in [2.05, 4.69) is 30.1 Å². The molecule has 8 nitrogen and oxygen atoms in total. The zero-order valence-electron chi connectivity index (χ0n) is 15.5. The molecule has 0 aromatic carbocycles. The van der Waals surface area contributed by atoms with Gasteiger partial charge < -0.3 is 14.5 Å². The number of rotatable bonds is 3. The Kier molecular flexibility index (Phi) is 3.45. The summed E-state index contributed by atoms with van der Waals surface area (Å²) in [5.41, 5.74) is 6.64. The minimum Gasteiger partial charge on any atom is -0.506 e. The lowest BCUT2D eigenvalue weighted by atomic mass is 10.1. The van der Waals surface area contributed by atoms with E-state index < -0.39 is 0 Å². The molecule has 0 saturated carbocycles. The van der Waals surface area contributed by atoms with Gasteiger partial charge in [0.05, 0.1) is 35.8 Å². The molecule has 0 radical (unpaired) electrons. The van der Waals surface area contributed by atoms with Gasteiger partial charge in [0.25, 0.3) is 0 Å². The number of aromatic nitrogens is 6. The Morgan fingerprint density at radius 2 is 1.83 bits per heavy atom. The fraction of sp³-hybridized carbons (Fsp3) is 0. The molecule has 0 bridgehead atoms. The zero-order chi connectivity index (χ0) is 20.1. The summed E-state index contributed by atoms with van der Waals surface area (Å²) in [5.74, 6) is 0.106. The highest BCUT2D eigenvalue weighted by molar-refractivity contribution is 5.99. The number of fused-ring (bicyclic) bond motifs is 2. The molecule has 144 valence electrons. The van der Waals surface area contributed by atoms with E-state index >= 15 is 0 Å². The Morgan fingerprint density at radius 1 is 0.900 bits per heavy atom. The van der Waals surface area contributed by atoms with Gasteiger partial charge in [0, 0.05) is 51.6 Å². The van der Waals surface area contributed by atoms with Crippen LogP contribution < -0.4 is 0 Å². The van der Waals surface area contributed by atoms with Crippen molar-refractivity contribution in [2.75, 3.05) is 0 Å². The van der Waals surface area contributed by atoms with E-state index in [0.717, 1.165) is 50.1 Å². The van der Waals surface area contributed by atoms with Gasteiger partial charge in [-0.25, -0.2) is 4.98 Å². The molecule has 3 N–H and O–H groups in total. The highest BCUT2D eigenvalue weighted by Crippen LogP contribution is 2.34. The van der Waals surface area contributed by atoms with Crippen molar-refractivity contribution < 1.29 is 9.52 Å². The van der Waals surface area contributed by atoms with Gasteiger partial charge in [-0.05, 0) is 30.3 Å². The van der Waals surface area contributed by atoms with Gasteiger partial charge in [-0.3, -0.25) is 15.1 Å². The Balaban J connectivity index is 1.52. The summed E-state index contributed by atoms with van der Waals surface area (Å²) in [4.78, 5) is 16.5. The van der Waals surface area contributed by atoms with E-state index in [1.165, 1.54) is 6.20 Å². The highest BCUT2D eigenvalue weighted by atomic mass is 16.3. The molecule has 8 heteroatoms. The number of nitrogens with zero attached hydrogens (tertiary/aromatic N) is 4. The number of pyridine rings is 3. The van der Waals surface area contributed by atoms with Crippen LogP contribution in [0.4, 0.5) is 0 Å². The third-order valence-corrected chi connectivity index (χ3v) is 5.08. The predicted octanol–water partition coefficient (Wildman–Crippen LogP) is 4.53. The van der Waals surface area contributed by atoms with E-state index in [1.54, 1.807) is 37.2 Å². The quantitative estimate of drug-likeness (QED) is 0.406. The van der Waals surface area contributed by atoms with E-state index in [4.69, 9.17) is 4.42 Å². The van der Waals surface area contributed by atoms with Crippen molar-refractivity contribution >= 4 is 21.9 Å². The van der Waals surface area contributed by atoms with Crippen molar-refractivity contribution in [2.24, 2.45) is 0 Å². The maximum absolute atomic E-state index is 9.75. The maximum atomic E-state index is 9.75. The molecule has 30 heavy (non-hydrogen) atoms. The Morgan fingerprint density at radius 3 is 2.70 bits per heavy atom. The van der Waals surface area contributed by atoms with Crippen LogP contribution in [0.3, 0.4) is 0 Å². The number of aromatic amines is 2. The first-order valence-electron chi connectivity index (χ1n) is 9.25. The number of nitrogens with one attached hydrogen (secondary N) is 2. The van der Waals surface area contributed by atoms with Gasteiger partial charge in [0.2, 0.25) is 0 Å². The molecule has 0 aliphatic heterocycles. The highest BCUT2D eigenvalue weighted by Gasteiger charge is 2.15. The third-order valence-electron chi connectivity index (χ3n) is 5.08. The van der Waals surface area contributed by atoms with Gasteiger partial charge >= 0.3 is 0 Å². The second-order valence-electron chi connectivity index (χ2n) is 6.94. The lowest BCUT2D eigenvalue weighted by Gasteiger charge is -2.02.